The van der Waals surface area contributed by atoms with Crippen molar-refractivity contribution in [3.05, 3.63) is 39.1 Å². The molecule has 18 heteroatoms. The summed E-state index contributed by atoms with van der Waals surface area (Å²) in [6.45, 7) is 0.452. The fraction of sp³-hybridized carbons (Fsp3) is 0.250. The summed E-state index contributed by atoms with van der Waals surface area (Å²) < 4.78 is 0.0328. The van der Waals surface area contributed by atoms with Crippen LogP contribution in [0.4, 0.5) is 5.13 Å². The van der Waals surface area contributed by atoms with Gasteiger partial charge in [0.1, 0.15) is 27.1 Å². The predicted octanol–water partition coefficient (Wildman–Crippen LogP) is 1.28. The molecule has 2 aromatic heterocycles. The molecule has 0 saturated carbocycles. The molecular formula is C20H18ClN7O6S4. The zero-order chi connectivity index (χ0) is 27.4. The lowest BCUT2D eigenvalue weighted by Gasteiger charge is -2.49. The summed E-state index contributed by atoms with van der Waals surface area (Å²) in [5.74, 6) is -1.97. The lowest BCUT2D eigenvalue weighted by Crippen LogP contribution is -2.71. The van der Waals surface area contributed by atoms with Crippen LogP contribution in [0.25, 0.3) is 0 Å². The van der Waals surface area contributed by atoms with E-state index >= 15 is 0 Å². The zero-order valence-corrected chi connectivity index (χ0v) is 23.0. The van der Waals surface area contributed by atoms with Crippen LogP contribution in [-0.2, 0) is 19.2 Å². The standard InChI is InChI=1S/C20H18ClN7O6S4/c21-15-11(26-20(22)38-15)12(27-34)16(30)25-13-17(31)28-14(19(32)33)10(6-36-18(13)28)37-8-1-2-23-5-9(8)35-4-3-24-7-29/h1-2,5,7,13,18,34H,3-4,6H2,(H2,22,26)(H,24,29)(H,25,30)(H,32,33)/b27-12+/t13-,18-/m1/s1. The van der Waals surface area contributed by atoms with Gasteiger partial charge in [-0.15, -0.1) is 23.5 Å². The number of nitrogens with two attached hydrogens (primary N) is 1. The van der Waals surface area contributed by atoms with Crippen LogP contribution in [0, 0.1) is 0 Å². The number of nitrogens with one attached hydrogen (secondary N) is 2. The normalized spacial score (nSPS) is 19.0. The Morgan fingerprint density at radius 3 is 2.84 bits per heavy atom. The number of aliphatic carboxylic acids is 1. The van der Waals surface area contributed by atoms with E-state index in [9.17, 15) is 29.5 Å². The van der Waals surface area contributed by atoms with E-state index in [-0.39, 0.29) is 26.6 Å². The minimum atomic E-state index is -1.28. The van der Waals surface area contributed by atoms with Gasteiger partial charge in [0.25, 0.3) is 11.8 Å². The molecule has 1 saturated heterocycles. The van der Waals surface area contributed by atoms with Crippen LogP contribution < -0.4 is 16.4 Å². The first-order valence-corrected chi connectivity index (χ1v) is 14.6. The monoisotopic (exact) mass is 615 g/mol. The quantitative estimate of drug-likeness (QED) is 0.0462. The minimum absolute atomic E-state index is 0.0328. The molecule has 2 atom stereocenters. The summed E-state index contributed by atoms with van der Waals surface area (Å²) in [5.41, 5.74) is 4.76. The Hall–Kier alpha value is -2.99. The van der Waals surface area contributed by atoms with Crippen LogP contribution in [0.15, 0.2) is 44.0 Å². The van der Waals surface area contributed by atoms with Gasteiger partial charge in [0.2, 0.25) is 6.41 Å². The number of thiazole rings is 1. The van der Waals surface area contributed by atoms with Crippen molar-refractivity contribution >= 4 is 93.3 Å². The Labute approximate surface area is 236 Å². The van der Waals surface area contributed by atoms with E-state index in [1.54, 1.807) is 18.5 Å². The molecule has 4 rings (SSSR count). The molecule has 0 spiro atoms. The molecule has 4 heterocycles. The molecular weight excluding hydrogens is 598 g/mol. The largest absolute Gasteiger partial charge is 0.477 e. The SMILES string of the molecule is Nc1nc(/C(=N\O)C(=O)N[C@@H]2C(=O)N3C(C(=O)O)=C(Sc4ccncc4SCCNC=O)CS[C@H]23)c(Cl)s1. The minimum Gasteiger partial charge on any atom is -0.477 e. The second kappa shape index (κ2) is 12.2. The van der Waals surface area contributed by atoms with E-state index in [0.29, 0.717) is 23.6 Å². The maximum atomic E-state index is 13.0. The fourth-order valence-corrected chi connectivity index (χ4v) is 7.99. The number of fused-ring (bicyclic) bond motifs is 1. The summed E-state index contributed by atoms with van der Waals surface area (Å²) in [6, 6.07) is 0.688. The van der Waals surface area contributed by atoms with E-state index in [4.69, 9.17) is 17.3 Å². The molecule has 6 N–H and O–H groups in total. The third-order valence-electron chi connectivity index (χ3n) is 5.13. The molecule has 38 heavy (non-hydrogen) atoms. The van der Waals surface area contributed by atoms with Crippen LogP contribution in [0.3, 0.4) is 0 Å². The highest BCUT2D eigenvalue weighted by atomic mass is 35.5. The van der Waals surface area contributed by atoms with Crippen molar-refractivity contribution in [3.63, 3.8) is 0 Å². The van der Waals surface area contributed by atoms with Crippen LogP contribution in [0.1, 0.15) is 5.69 Å². The first kappa shape index (κ1) is 28.0. The predicted molar refractivity (Wildman–Crippen MR) is 144 cm³/mol. The first-order valence-electron chi connectivity index (χ1n) is 10.5. The number of amides is 3. The molecule has 3 amide bonds. The number of carboxylic acids is 1. The molecule has 0 radical (unpaired) electrons. The first-order chi connectivity index (χ1) is 18.3. The number of carbonyl (C=O) groups is 4. The number of anilines is 1. The van der Waals surface area contributed by atoms with E-state index in [1.165, 1.54) is 35.3 Å². The molecule has 0 unspecified atom stereocenters. The number of carboxylic acid groups (broad SMARTS) is 1. The lowest BCUT2D eigenvalue weighted by molar-refractivity contribution is -0.150. The Morgan fingerprint density at radius 2 is 2.18 bits per heavy atom. The summed E-state index contributed by atoms with van der Waals surface area (Å²) in [6.07, 6.45) is 3.84. The van der Waals surface area contributed by atoms with Gasteiger partial charge in [-0.05, 0) is 6.07 Å². The number of rotatable bonds is 11. The molecule has 200 valence electrons. The number of carbonyl (C=O) groups excluding carboxylic acids is 3. The fourth-order valence-electron chi connectivity index (χ4n) is 3.51. The van der Waals surface area contributed by atoms with E-state index in [2.05, 4.69) is 25.8 Å². The third-order valence-corrected chi connectivity index (χ3v) is 10.0. The number of halogens is 1. The van der Waals surface area contributed by atoms with Gasteiger partial charge in [0, 0.05) is 45.1 Å². The molecule has 1 fully saturated rings. The topological polar surface area (TPSA) is 200 Å². The van der Waals surface area contributed by atoms with Gasteiger partial charge in [-0.25, -0.2) is 9.78 Å². The smallest absolute Gasteiger partial charge is 0.353 e. The molecule has 0 aromatic carbocycles. The molecule has 13 nitrogen and oxygen atoms in total. The highest BCUT2D eigenvalue weighted by molar-refractivity contribution is 8.07. The van der Waals surface area contributed by atoms with E-state index in [0.717, 1.165) is 26.0 Å². The number of nitrogens with zero attached hydrogens (tertiary/aromatic N) is 4. The van der Waals surface area contributed by atoms with Crippen LogP contribution in [0.2, 0.25) is 4.34 Å². The number of hydrogen-bond acceptors (Lipinski definition) is 13. The van der Waals surface area contributed by atoms with Gasteiger partial charge in [-0.2, -0.15) is 0 Å². The number of hydrogen-bond donors (Lipinski definition) is 5. The maximum absolute atomic E-state index is 13.0. The van der Waals surface area contributed by atoms with Crippen molar-refractivity contribution < 1.29 is 29.5 Å². The van der Waals surface area contributed by atoms with Gasteiger partial charge in [0.15, 0.2) is 10.8 Å². The van der Waals surface area contributed by atoms with Gasteiger partial charge in [0.05, 0.1) is 0 Å². The van der Waals surface area contributed by atoms with E-state index < -0.39 is 34.9 Å². The highest BCUT2D eigenvalue weighted by Gasteiger charge is 2.54. The van der Waals surface area contributed by atoms with Crippen molar-refractivity contribution in [2.75, 3.05) is 23.8 Å². The average molecular weight is 616 g/mol. The highest BCUT2D eigenvalue weighted by Crippen LogP contribution is 2.46. The van der Waals surface area contributed by atoms with Crippen molar-refractivity contribution in [2.45, 2.75) is 21.2 Å². The number of nitrogen functional groups attached to an aromatic ring is 1. The lowest BCUT2D eigenvalue weighted by atomic mass is 10.0. The van der Waals surface area contributed by atoms with Crippen LogP contribution in [0.5, 0.6) is 0 Å². The Morgan fingerprint density at radius 1 is 1.39 bits per heavy atom. The summed E-state index contributed by atoms with van der Waals surface area (Å²) in [7, 11) is 0. The Balaban J connectivity index is 1.51. The zero-order valence-electron chi connectivity index (χ0n) is 19.0. The Bertz CT molecular complexity index is 1350. The summed E-state index contributed by atoms with van der Waals surface area (Å²) >= 11 is 10.8. The van der Waals surface area contributed by atoms with Crippen molar-refractivity contribution in [3.8, 4) is 0 Å². The molecule has 0 bridgehead atoms. The molecule has 2 aliphatic heterocycles. The molecule has 0 aliphatic carbocycles. The second-order valence-corrected chi connectivity index (χ2v) is 12.4. The molecule has 2 aromatic rings. The number of β-lactam (4-membered cyclic amide) rings is 1. The van der Waals surface area contributed by atoms with Crippen molar-refractivity contribution in [1.29, 1.82) is 0 Å². The van der Waals surface area contributed by atoms with Gasteiger partial charge < -0.3 is 26.7 Å². The summed E-state index contributed by atoms with van der Waals surface area (Å²) in [5, 5.41) is 26.7. The number of thioether (sulfide) groups is 3. The van der Waals surface area contributed by atoms with Crippen LogP contribution in [-0.4, -0.2) is 84.6 Å². The molecule has 2 aliphatic rings. The second-order valence-electron chi connectivity index (χ2n) is 7.41. The van der Waals surface area contributed by atoms with Gasteiger partial charge >= 0.3 is 5.97 Å². The van der Waals surface area contributed by atoms with Gasteiger partial charge in [-0.3, -0.25) is 24.3 Å². The maximum Gasteiger partial charge on any atom is 0.353 e. The van der Waals surface area contributed by atoms with Crippen molar-refractivity contribution in [1.82, 2.24) is 25.5 Å². The Kier molecular flexibility index (Phi) is 9.03. The van der Waals surface area contributed by atoms with Crippen LogP contribution >= 0.6 is 58.2 Å². The number of pyridine rings is 1. The number of oxime groups is 1. The third kappa shape index (κ3) is 5.70. The summed E-state index contributed by atoms with van der Waals surface area (Å²) in [4.78, 5) is 59.6. The number of aromatic nitrogens is 2. The van der Waals surface area contributed by atoms with Crippen molar-refractivity contribution in [2.24, 2.45) is 5.16 Å². The van der Waals surface area contributed by atoms with Gasteiger partial charge in [-0.1, -0.05) is 39.9 Å². The van der Waals surface area contributed by atoms with E-state index in [1.807, 2.05) is 0 Å². The average Bonchev–Trinajstić information content (AvgIpc) is 3.23.